The molecule has 0 aliphatic heterocycles. The van der Waals surface area contributed by atoms with Crippen molar-refractivity contribution in [3.63, 3.8) is 0 Å². The van der Waals surface area contributed by atoms with E-state index in [9.17, 15) is 4.39 Å². The summed E-state index contributed by atoms with van der Waals surface area (Å²) >= 11 is 0. The Bertz CT molecular complexity index is 361. The molecule has 3 heteroatoms. The van der Waals surface area contributed by atoms with Crippen molar-refractivity contribution in [1.29, 1.82) is 0 Å². The smallest absolute Gasteiger partial charge is 0.126 e. The van der Waals surface area contributed by atoms with Crippen molar-refractivity contribution < 1.29 is 4.39 Å². The Morgan fingerprint density at radius 3 is 2.61 bits per heavy atom. The molecule has 0 saturated heterocycles. The second kappa shape index (κ2) is 6.86. The van der Waals surface area contributed by atoms with Crippen LogP contribution in [0.15, 0.2) is 24.3 Å². The Hall–Kier alpha value is -0.930. The molecule has 18 heavy (non-hydrogen) atoms. The molecule has 1 aromatic carbocycles. The van der Waals surface area contributed by atoms with Gasteiger partial charge in [-0.3, -0.25) is 0 Å². The summed E-state index contributed by atoms with van der Waals surface area (Å²) in [5, 5.41) is 3.38. The van der Waals surface area contributed by atoms with E-state index < -0.39 is 0 Å². The normalized spacial score (nSPS) is 13.6. The highest BCUT2D eigenvalue weighted by Gasteiger charge is 2.23. The maximum absolute atomic E-state index is 13.7. The van der Waals surface area contributed by atoms with Gasteiger partial charge >= 0.3 is 0 Å². The Labute approximate surface area is 110 Å². The first-order valence-electron chi connectivity index (χ1n) is 6.65. The van der Waals surface area contributed by atoms with Crippen molar-refractivity contribution in [2.45, 2.75) is 45.1 Å². The van der Waals surface area contributed by atoms with Crippen molar-refractivity contribution in [2.75, 3.05) is 13.1 Å². The SMILES string of the molecule is CC(N)CCCNCC(C)(C)c1ccccc1F. The third kappa shape index (κ3) is 4.75. The minimum absolute atomic E-state index is 0.125. The van der Waals surface area contributed by atoms with Gasteiger partial charge in [0.1, 0.15) is 5.82 Å². The molecule has 0 amide bonds. The van der Waals surface area contributed by atoms with Gasteiger partial charge in [0, 0.05) is 18.0 Å². The third-order valence-electron chi connectivity index (χ3n) is 3.18. The van der Waals surface area contributed by atoms with E-state index in [4.69, 9.17) is 5.73 Å². The van der Waals surface area contributed by atoms with Gasteiger partial charge in [-0.25, -0.2) is 4.39 Å². The fourth-order valence-corrected chi connectivity index (χ4v) is 2.06. The number of halogens is 1. The molecule has 0 bridgehead atoms. The summed E-state index contributed by atoms with van der Waals surface area (Å²) in [6, 6.07) is 7.25. The molecule has 0 heterocycles. The quantitative estimate of drug-likeness (QED) is 0.732. The number of rotatable bonds is 7. The Morgan fingerprint density at radius 1 is 1.33 bits per heavy atom. The minimum Gasteiger partial charge on any atom is -0.328 e. The van der Waals surface area contributed by atoms with Gasteiger partial charge in [-0.1, -0.05) is 32.0 Å². The lowest BCUT2D eigenvalue weighted by molar-refractivity contribution is 0.438. The molecule has 0 radical (unpaired) electrons. The fraction of sp³-hybridized carbons (Fsp3) is 0.600. The summed E-state index contributed by atoms with van der Waals surface area (Å²) in [5.74, 6) is -0.125. The Morgan fingerprint density at radius 2 is 2.00 bits per heavy atom. The van der Waals surface area contributed by atoms with Crippen LogP contribution in [0, 0.1) is 5.82 Å². The van der Waals surface area contributed by atoms with Gasteiger partial charge in [0.25, 0.3) is 0 Å². The van der Waals surface area contributed by atoms with Crippen LogP contribution < -0.4 is 11.1 Å². The third-order valence-corrected chi connectivity index (χ3v) is 3.18. The van der Waals surface area contributed by atoms with E-state index in [-0.39, 0.29) is 17.3 Å². The summed E-state index contributed by atoms with van der Waals surface area (Å²) in [6.45, 7) is 7.84. The van der Waals surface area contributed by atoms with Crippen LogP contribution in [0.1, 0.15) is 39.2 Å². The summed E-state index contributed by atoms with van der Waals surface area (Å²) in [6.07, 6.45) is 2.08. The predicted molar refractivity (Wildman–Crippen MR) is 75.2 cm³/mol. The molecule has 0 fully saturated rings. The number of benzene rings is 1. The zero-order chi connectivity index (χ0) is 13.6. The average molecular weight is 252 g/mol. The number of hydrogen-bond donors (Lipinski definition) is 2. The van der Waals surface area contributed by atoms with E-state index >= 15 is 0 Å². The first kappa shape index (κ1) is 15.1. The molecule has 0 saturated carbocycles. The van der Waals surface area contributed by atoms with Crippen molar-refractivity contribution >= 4 is 0 Å². The lowest BCUT2D eigenvalue weighted by atomic mass is 9.84. The van der Waals surface area contributed by atoms with Gasteiger partial charge in [0.15, 0.2) is 0 Å². The molecule has 3 N–H and O–H groups in total. The molecule has 0 aliphatic carbocycles. The molecule has 1 rings (SSSR count). The molecule has 1 atom stereocenters. The Balaban J connectivity index is 2.43. The van der Waals surface area contributed by atoms with Gasteiger partial charge < -0.3 is 11.1 Å². The largest absolute Gasteiger partial charge is 0.328 e. The maximum atomic E-state index is 13.7. The van der Waals surface area contributed by atoms with Crippen LogP contribution in [0.3, 0.4) is 0 Å². The second-order valence-corrected chi connectivity index (χ2v) is 5.66. The van der Waals surface area contributed by atoms with E-state index in [0.717, 1.165) is 31.5 Å². The molecular formula is C15H25FN2. The lowest BCUT2D eigenvalue weighted by Crippen LogP contribution is -2.34. The van der Waals surface area contributed by atoms with Crippen LogP contribution in [0.25, 0.3) is 0 Å². The van der Waals surface area contributed by atoms with E-state index in [2.05, 4.69) is 19.2 Å². The zero-order valence-corrected chi connectivity index (χ0v) is 11.7. The Kier molecular flexibility index (Phi) is 5.76. The van der Waals surface area contributed by atoms with Crippen LogP contribution in [0.4, 0.5) is 4.39 Å². The highest BCUT2D eigenvalue weighted by Crippen LogP contribution is 2.24. The van der Waals surface area contributed by atoms with E-state index in [0.29, 0.717) is 0 Å². The lowest BCUT2D eigenvalue weighted by Gasteiger charge is -2.26. The van der Waals surface area contributed by atoms with Crippen molar-refractivity contribution in [3.05, 3.63) is 35.6 Å². The van der Waals surface area contributed by atoms with E-state index in [1.807, 2.05) is 19.1 Å². The summed E-state index contributed by atoms with van der Waals surface area (Å²) in [7, 11) is 0. The van der Waals surface area contributed by atoms with Crippen LogP contribution in [0.5, 0.6) is 0 Å². The van der Waals surface area contributed by atoms with Gasteiger partial charge in [-0.15, -0.1) is 0 Å². The maximum Gasteiger partial charge on any atom is 0.126 e. The van der Waals surface area contributed by atoms with Gasteiger partial charge in [-0.05, 0) is 37.9 Å². The zero-order valence-electron chi connectivity index (χ0n) is 11.7. The number of hydrogen-bond acceptors (Lipinski definition) is 2. The first-order chi connectivity index (χ1) is 8.43. The topological polar surface area (TPSA) is 38.0 Å². The molecule has 1 aromatic rings. The monoisotopic (exact) mass is 252 g/mol. The van der Waals surface area contributed by atoms with Crippen molar-refractivity contribution in [1.82, 2.24) is 5.32 Å². The van der Waals surface area contributed by atoms with Gasteiger partial charge in [-0.2, -0.15) is 0 Å². The van der Waals surface area contributed by atoms with Crippen LogP contribution in [-0.4, -0.2) is 19.1 Å². The number of nitrogens with one attached hydrogen (secondary N) is 1. The van der Waals surface area contributed by atoms with E-state index in [1.165, 1.54) is 6.07 Å². The molecule has 0 aromatic heterocycles. The second-order valence-electron chi connectivity index (χ2n) is 5.66. The summed E-state index contributed by atoms with van der Waals surface area (Å²) in [5.41, 5.74) is 6.27. The minimum atomic E-state index is -0.195. The van der Waals surface area contributed by atoms with E-state index in [1.54, 1.807) is 6.07 Å². The van der Waals surface area contributed by atoms with Crippen LogP contribution in [0.2, 0.25) is 0 Å². The molecule has 1 unspecified atom stereocenters. The molecule has 2 nitrogen and oxygen atoms in total. The fourth-order valence-electron chi connectivity index (χ4n) is 2.06. The van der Waals surface area contributed by atoms with Crippen molar-refractivity contribution in [2.24, 2.45) is 5.73 Å². The van der Waals surface area contributed by atoms with Crippen molar-refractivity contribution in [3.8, 4) is 0 Å². The molecule has 0 spiro atoms. The molecular weight excluding hydrogens is 227 g/mol. The standard InChI is InChI=1S/C15H25FN2/c1-12(17)7-6-10-18-11-15(2,3)13-8-4-5-9-14(13)16/h4-5,8-9,12,18H,6-7,10-11,17H2,1-3H3. The molecule has 0 aliphatic rings. The average Bonchev–Trinajstić information content (AvgIpc) is 2.28. The number of nitrogens with two attached hydrogens (primary N) is 1. The van der Waals surface area contributed by atoms with Crippen LogP contribution in [-0.2, 0) is 5.41 Å². The first-order valence-corrected chi connectivity index (χ1v) is 6.65. The molecule has 102 valence electrons. The predicted octanol–water partition coefficient (Wildman–Crippen LogP) is 2.82. The highest BCUT2D eigenvalue weighted by atomic mass is 19.1. The van der Waals surface area contributed by atoms with Gasteiger partial charge in [0.2, 0.25) is 0 Å². The summed E-state index contributed by atoms with van der Waals surface area (Å²) < 4.78 is 13.7. The van der Waals surface area contributed by atoms with Crippen LogP contribution >= 0.6 is 0 Å². The summed E-state index contributed by atoms with van der Waals surface area (Å²) in [4.78, 5) is 0. The highest BCUT2D eigenvalue weighted by molar-refractivity contribution is 5.25. The van der Waals surface area contributed by atoms with Gasteiger partial charge in [0.05, 0.1) is 0 Å².